The number of rotatable bonds is 2. The maximum Gasteiger partial charge on any atom is 0.0387 e. The van der Waals surface area contributed by atoms with Crippen LogP contribution in [0.15, 0.2) is 59.7 Å². The Morgan fingerprint density at radius 1 is 0.500 bits per heavy atom. The second-order valence-corrected chi connectivity index (χ2v) is 7.98. The molecule has 0 radical (unpaired) electrons. The molecule has 148 valence electrons. The Balaban J connectivity index is 0.000000162. The molecule has 0 saturated heterocycles. The zero-order valence-electron chi connectivity index (χ0n) is 17.0. The molecule has 0 aliphatic heterocycles. The van der Waals surface area contributed by atoms with Gasteiger partial charge in [0.15, 0.2) is 0 Å². The normalized spacial score (nSPS) is 16.7. The van der Waals surface area contributed by atoms with Gasteiger partial charge in [0.25, 0.3) is 0 Å². The second kappa shape index (κ2) is 10.8. The van der Waals surface area contributed by atoms with Crippen molar-refractivity contribution in [3.05, 3.63) is 70.8 Å². The van der Waals surface area contributed by atoms with E-state index in [1.165, 1.54) is 75.3 Å². The SMILES string of the molecule is Nc1ccccc1C=C1CCCC1.Nc1ccccc1C=C1CCCCCC1. The summed E-state index contributed by atoms with van der Waals surface area (Å²) in [7, 11) is 0. The molecule has 2 fully saturated rings. The molecule has 2 aliphatic rings. The van der Waals surface area contributed by atoms with Crippen molar-refractivity contribution in [1.82, 2.24) is 0 Å². The van der Waals surface area contributed by atoms with Gasteiger partial charge in [-0.15, -0.1) is 0 Å². The second-order valence-electron chi connectivity index (χ2n) is 7.98. The van der Waals surface area contributed by atoms with E-state index in [1.54, 1.807) is 11.1 Å². The Labute approximate surface area is 170 Å². The molecular weight excluding hydrogens is 340 g/mol. The van der Waals surface area contributed by atoms with Crippen LogP contribution in [0.4, 0.5) is 11.4 Å². The average Bonchev–Trinajstić information content (AvgIpc) is 3.08. The highest BCUT2D eigenvalue weighted by molar-refractivity contribution is 5.66. The van der Waals surface area contributed by atoms with Crippen molar-refractivity contribution in [3.63, 3.8) is 0 Å². The van der Waals surface area contributed by atoms with Gasteiger partial charge in [-0.1, -0.05) is 72.5 Å². The molecule has 0 unspecified atom stereocenters. The molecule has 0 atom stereocenters. The molecular formula is C26H34N2. The van der Waals surface area contributed by atoms with Crippen LogP contribution in [0, 0.1) is 0 Å². The van der Waals surface area contributed by atoms with Crippen LogP contribution in [-0.2, 0) is 0 Å². The van der Waals surface area contributed by atoms with Crippen molar-refractivity contribution in [2.24, 2.45) is 0 Å². The first-order valence-electron chi connectivity index (χ1n) is 10.8. The lowest BCUT2D eigenvalue weighted by atomic mass is 10.0. The molecule has 0 amide bonds. The van der Waals surface area contributed by atoms with E-state index < -0.39 is 0 Å². The van der Waals surface area contributed by atoms with Crippen molar-refractivity contribution >= 4 is 23.5 Å². The van der Waals surface area contributed by atoms with Crippen LogP contribution in [0.25, 0.3) is 12.2 Å². The van der Waals surface area contributed by atoms with Crippen molar-refractivity contribution in [2.75, 3.05) is 11.5 Å². The van der Waals surface area contributed by atoms with Crippen LogP contribution in [0.2, 0.25) is 0 Å². The number of benzene rings is 2. The fourth-order valence-electron chi connectivity index (χ4n) is 4.02. The molecule has 2 heteroatoms. The van der Waals surface area contributed by atoms with Gasteiger partial charge in [-0.05, 0) is 74.6 Å². The van der Waals surface area contributed by atoms with Crippen LogP contribution < -0.4 is 11.5 Å². The number of hydrogen-bond acceptors (Lipinski definition) is 2. The first-order valence-corrected chi connectivity index (χ1v) is 10.8. The maximum atomic E-state index is 5.93. The van der Waals surface area contributed by atoms with Gasteiger partial charge in [0.2, 0.25) is 0 Å². The van der Waals surface area contributed by atoms with E-state index >= 15 is 0 Å². The van der Waals surface area contributed by atoms with E-state index in [2.05, 4.69) is 30.4 Å². The predicted octanol–water partition coefficient (Wildman–Crippen LogP) is 7.23. The van der Waals surface area contributed by atoms with Crippen molar-refractivity contribution in [3.8, 4) is 0 Å². The van der Waals surface area contributed by atoms with Crippen LogP contribution in [0.3, 0.4) is 0 Å². The molecule has 4 rings (SSSR count). The summed E-state index contributed by atoms with van der Waals surface area (Å²) in [5.74, 6) is 0. The number of allylic oxidation sites excluding steroid dienone is 2. The topological polar surface area (TPSA) is 52.0 Å². The predicted molar refractivity (Wildman–Crippen MR) is 124 cm³/mol. The minimum Gasteiger partial charge on any atom is -0.398 e. The molecule has 0 aromatic heterocycles. The number of nitrogen functional groups attached to an aromatic ring is 2. The Hall–Kier alpha value is -2.48. The number of anilines is 2. The van der Waals surface area contributed by atoms with E-state index in [0.717, 1.165) is 11.4 Å². The summed E-state index contributed by atoms with van der Waals surface area (Å²) < 4.78 is 0. The summed E-state index contributed by atoms with van der Waals surface area (Å²) in [6.07, 6.45) is 17.7. The molecule has 0 heterocycles. The highest BCUT2D eigenvalue weighted by atomic mass is 14.6. The van der Waals surface area contributed by atoms with E-state index in [0.29, 0.717) is 0 Å². The Morgan fingerprint density at radius 2 is 0.857 bits per heavy atom. The number of nitrogens with two attached hydrogens (primary N) is 2. The third kappa shape index (κ3) is 6.30. The molecule has 2 nitrogen and oxygen atoms in total. The number of para-hydroxylation sites is 2. The van der Waals surface area contributed by atoms with Crippen LogP contribution >= 0.6 is 0 Å². The zero-order valence-corrected chi connectivity index (χ0v) is 17.0. The summed E-state index contributed by atoms with van der Waals surface area (Å²) in [5.41, 5.74) is 19.1. The summed E-state index contributed by atoms with van der Waals surface area (Å²) in [4.78, 5) is 0. The standard InChI is InChI=1S/C14H19N.C12H15N/c15-14-10-6-5-9-13(14)11-12-7-3-1-2-4-8-12;13-12-8-4-3-7-11(12)9-10-5-1-2-6-10/h5-6,9-11H,1-4,7-8,15H2;3-4,7-9H,1-2,5-6,13H2. The minimum absolute atomic E-state index is 0.891. The fraction of sp³-hybridized carbons (Fsp3) is 0.385. The van der Waals surface area contributed by atoms with Gasteiger partial charge in [0, 0.05) is 11.4 Å². The van der Waals surface area contributed by atoms with Gasteiger partial charge in [-0.3, -0.25) is 0 Å². The molecule has 2 saturated carbocycles. The lowest BCUT2D eigenvalue weighted by molar-refractivity contribution is 0.702. The third-order valence-electron chi connectivity index (χ3n) is 5.70. The van der Waals surface area contributed by atoms with Crippen LogP contribution in [-0.4, -0.2) is 0 Å². The maximum absolute atomic E-state index is 5.93. The summed E-state index contributed by atoms with van der Waals surface area (Å²) in [6, 6.07) is 16.2. The first kappa shape index (κ1) is 20.3. The molecule has 2 aliphatic carbocycles. The smallest absolute Gasteiger partial charge is 0.0387 e. The van der Waals surface area contributed by atoms with E-state index in [4.69, 9.17) is 11.5 Å². The number of hydrogen-bond donors (Lipinski definition) is 2. The Morgan fingerprint density at radius 3 is 1.25 bits per heavy atom. The Kier molecular flexibility index (Phi) is 7.78. The van der Waals surface area contributed by atoms with E-state index in [-0.39, 0.29) is 0 Å². The van der Waals surface area contributed by atoms with E-state index in [9.17, 15) is 0 Å². The average molecular weight is 375 g/mol. The fourth-order valence-corrected chi connectivity index (χ4v) is 4.02. The van der Waals surface area contributed by atoms with Crippen molar-refractivity contribution in [1.29, 1.82) is 0 Å². The summed E-state index contributed by atoms with van der Waals surface area (Å²) in [6.45, 7) is 0. The first-order chi connectivity index (χ1) is 13.7. The molecule has 0 spiro atoms. The quantitative estimate of drug-likeness (QED) is 0.430. The van der Waals surface area contributed by atoms with Crippen LogP contribution in [0.1, 0.15) is 75.3 Å². The van der Waals surface area contributed by atoms with Gasteiger partial charge < -0.3 is 11.5 Å². The van der Waals surface area contributed by atoms with E-state index in [1.807, 2.05) is 30.3 Å². The van der Waals surface area contributed by atoms with Gasteiger partial charge >= 0.3 is 0 Å². The molecule has 2 aromatic carbocycles. The van der Waals surface area contributed by atoms with Gasteiger partial charge in [-0.25, -0.2) is 0 Å². The Bertz CT molecular complexity index is 799. The highest BCUT2D eigenvalue weighted by Crippen LogP contribution is 2.27. The molecule has 28 heavy (non-hydrogen) atoms. The van der Waals surface area contributed by atoms with Gasteiger partial charge in [0.1, 0.15) is 0 Å². The summed E-state index contributed by atoms with van der Waals surface area (Å²) in [5, 5.41) is 0. The van der Waals surface area contributed by atoms with Gasteiger partial charge in [0.05, 0.1) is 0 Å². The molecule has 4 N–H and O–H groups in total. The lowest BCUT2D eigenvalue weighted by Crippen LogP contribution is -1.89. The van der Waals surface area contributed by atoms with Crippen molar-refractivity contribution < 1.29 is 0 Å². The van der Waals surface area contributed by atoms with Crippen LogP contribution in [0.5, 0.6) is 0 Å². The molecule has 2 aromatic rings. The molecule has 0 bridgehead atoms. The summed E-state index contributed by atoms with van der Waals surface area (Å²) >= 11 is 0. The third-order valence-corrected chi connectivity index (χ3v) is 5.70. The minimum atomic E-state index is 0.891. The zero-order chi connectivity index (χ0) is 19.6. The lowest BCUT2D eigenvalue weighted by Gasteiger charge is -2.04. The largest absolute Gasteiger partial charge is 0.398 e. The van der Waals surface area contributed by atoms with Crippen molar-refractivity contribution in [2.45, 2.75) is 64.2 Å². The van der Waals surface area contributed by atoms with Gasteiger partial charge in [-0.2, -0.15) is 0 Å². The highest BCUT2D eigenvalue weighted by Gasteiger charge is 2.07. The monoisotopic (exact) mass is 374 g/mol.